The fourth-order valence-corrected chi connectivity index (χ4v) is 3.61. The van der Waals surface area contributed by atoms with Crippen LogP contribution in [0.2, 0.25) is 0 Å². The quantitative estimate of drug-likeness (QED) is 0.766. The Balaban J connectivity index is 2.95. The highest BCUT2D eigenvalue weighted by Crippen LogP contribution is 2.16. The summed E-state index contributed by atoms with van der Waals surface area (Å²) in [7, 11) is -0.486. The monoisotopic (exact) mass is 394 g/mol. The maximum Gasteiger partial charge on any atom is 0.241 e. The summed E-state index contributed by atoms with van der Waals surface area (Å²) in [5.74, 6) is 0.456. The number of amides is 1. The first-order chi connectivity index (χ1) is 9.77. The highest BCUT2D eigenvalue weighted by Gasteiger charge is 2.26. The minimum Gasteiger partial charge on any atom is -0.347 e. The molecule has 1 rings (SSSR count). The number of thioether (sulfide) groups is 1. The van der Waals surface area contributed by atoms with Crippen LogP contribution in [0.5, 0.6) is 0 Å². The molecule has 1 atom stereocenters. The molecule has 0 heterocycles. The van der Waals surface area contributed by atoms with Gasteiger partial charge in [-0.25, -0.2) is 8.42 Å². The van der Waals surface area contributed by atoms with Crippen LogP contribution in [0.25, 0.3) is 0 Å². The molecule has 0 aliphatic rings. The molecule has 0 saturated carbocycles. The van der Waals surface area contributed by atoms with Crippen molar-refractivity contribution in [2.24, 2.45) is 0 Å². The van der Waals surface area contributed by atoms with Crippen molar-refractivity contribution in [3.8, 4) is 0 Å². The molecule has 0 aromatic heterocycles. The van der Waals surface area contributed by atoms with Gasteiger partial charge in [0.1, 0.15) is 6.04 Å². The maximum atomic E-state index is 12.3. The van der Waals surface area contributed by atoms with Gasteiger partial charge in [0, 0.05) is 18.6 Å². The fraction of sp³-hybridized carbons (Fsp3) is 0.462. The van der Waals surface area contributed by atoms with E-state index in [0.717, 1.165) is 4.47 Å². The second-order valence-electron chi connectivity index (χ2n) is 4.64. The SMILES string of the molecule is CSCCC(NS(=O)(=O)c1ccc(Br)cc1)C(=O)N(C)C. The number of rotatable bonds is 7. The molecular formula is C13H19BrN2O3S2. The van der Waals surface area contributed by atoms with E-state index in [1.54, 1.807) is 38.0 Å². The van der Waals surface area contributed by atoms with Gasteiger partial charge in [-0.2, -0.15) is 16.5 Å². The fourth-order valence-electron chi connectivity index (χ4n) is 1.65. The van der Waals surface area contributed by atoms with Crippen molar-refractivity contribution in [1.29, 1.82) is 0 Å². The Bertz CT molecular complexity index is 574. The minimum atomic E-state index is -3.71. The van der Waals surface area contributed by atoms with Crippen molar-refractivity contribution >= 4 is 43.6 Å². The van der Waals surface area contributed by atoms with Crippen LogP contribution in [0.4, 0.5) is 0 Å². The van der Waals surface area contributed by atoms with Crippen LogP contribution >= 0.6 is 27.7 Å². The summed E-state index contributed by atoms with van der Waals surface area (Å²) in [6.45, 7) is 0. The summed E-state index contributed by atoms with van der Waals surface area (Å²) in [6.07, 6.45) is 2.37. The van der Waals surface area contributed by atoms with Crippen LogP contribution in [0.1, 0.15) is 6.42 Å². The molecule has 1 N–H and O–H groups in total. The molecule has 1 unspecified atom stereocenters. The Hall–Kier alpha value is -0.570. The average Bonchev–Trinajstić information content (AvgIpc) is 2.43. The zero-order valence-electron chi connectivity index (χ0n) is 12.2. The number of sulfonamides is 1. The number of nitrogens with zero attached hydrogens (tertiary/aromatic N) is 1. The zero-order valence-corrected chi connectivity index (χ0v) is 15.4. The van der Waals surface area contributed by atoms with E-state index in [9.17, 15) is 13.2 Å². The first-order valence-corrected chi connectivity index (χ1v) is 9.93. The summed E-state index contributed by atoms with van der Waals surface area (Å²) in [4.78, 5) is 13.6. The van der Waals surface area contributed by atoms with E-state index in [1.165, 1.54) is 17.0 Å². The third-order valence-corrected chi connectivity index (χ3v) is 5.43. The Morgan fingerprint density at radius 3 is 2.38 bits per heavy atom. The highest BCUT2D eigenvalue weighted by atomic mass is 79.9. The van der Waals surface area contributed by atoms with E-state index < -0.39 is 16.1 Å². The Morgan fingerprint density at radius 2 is 1.90 bits per heavy atom. The van der Waals surface area contributed by atoms with Crippen molar-refractivity contribution in [1.82, 2.24) is 9.62 Å². The number of benzene rings is 1. The van der Waals surface area contributed by atoms with Crippen molar-refractivity contribution in [3.05, 3.63) is 28.7 Å². The van der Waals surface area contributed by atoms with Gasteiger partial charge in [0.2, 0.25) is 15.9 Å². The van der Waals surface area contributed by atoms with Crippen LogP contribution in [-0.4, -0.2) is 51.4 Å². The Morgan fingerprint density at radius 1 is 1.33 bits per heavy atom. The van der Waals surface area contributed by atoms with E-state index in [2.05, 4.69) is 20.7 Å². The summed E-state index contributed by atoms with van der Waals surface area (Å²) in [5.41, 5.74) is 0. The lowest BCUT2D eigenvalue weighted by atomic mass is 10.2. The number of hydrogen-bond donors (Lipinski definition) is 1. The molecular weight excluding hydrogens is 376 g/mol. The van der Waals surface area contributed by atoms with Gasteiger partial charge in [0.25, 0.3) is 0 Å². The molecule has 0 bridgehead atoms. The lowest BCUT2D eigenvalue weighted by molar-refractivity contribution is -0.130. The smallest absolute Gasteiger partial charge is 0.241 e. The number of hydrogen-bond acceptors (Lipinski definition) is 4. The third kappa shape index (κ3) is 5.61. The molecule has 1 amide bonds. The van der Waals surface area contributed by atoms with Gasteiger partial charge in [0.15, 0.2) is 0 Å². The predicted octanol–water partition coefficient (Wildman–Crippen LogP) is 1.94. The zero-order chi connectivity index (χ0) is 16.0. The highest BCUT2D eigenvalue weighted by molar-refractivity contribution is 9.10. The number of carbonyl (C=O) groups excluding carboxylic acids is 1. The molecule has 0 fully saturated rings. The maximum absolute atomic E-state index is 12.3. The molecule has 8 heteroatoms. The van der Waals surface area contributed by atoms with Crippen LogP contribution in [0.15, 0.2) is 33.6 Å². The van der Waals surface area contributed by atoms with E-state index in [1.807, 2.05) is 6.26 Å². The van der Waals surface area contributed by atoms with Gasteiger partial charge in [0.05, 0.1) is 4.90 Å². The van der Waals surface area contributed by atoms with E-state index in [0.29, 0.717) is 12.2 Å². The summed E-state index contributed by atoms with van der Waals surface area (Å²) < 4.78 is 28.0. The summed E-state index contributed by atoms with van der Waals surface area (Å²) in [5, 5.41) is 0. The number of carbonyl (C=O) groups is 1. The Labute approximate surface area is 138 Å². The Kier molecular flexibility index (Phi) is 7.19. The molecule has 0 aliphatic heterocycles. The standard InChI is InChI=1S/C13H19BrN2O3S2/c1-16(2)13(17)12(8-9-20-3)15-21(18,19)11-6-4-10(14)5-7-11/h4-7,12,15H,8-9H2,1-3H3. The van der Waals surface area contributed by atoms with Gasteiger partial charge in [-0.05, 0) is 42.7 Å². The second-order valence-corrected chi connectivity index (χ2v) is 8.26. The normalized spacial score (nSPS) is 13.0. The summed E-state index contributed by atoms with van der Waals surface area (Å²) in [6, 6.07) is 5.55. The first kappa shape index (κ1) is 18.5. The van der Waals surface area contributed by atoms with Crippen LogP contribution < -0.4 is 4.72 Å². The lowest BCUT2D eigenvalue weighted by Gasteiger charge is -2.21. The number of likely N-dealkylation sites (N-methyl/N-ethyl adjacent to an activating group) is 1. The topological polar surface area (TPSA) is 66.5 Å². The second kappa shape index (κ2) is 8.17. The molecule has 0 aliphatic carbocycles. The van der Waals surface area contributed by atoms with Crippen molar-refractivity contribution in [2.75, 3.05) is 26.1 Å². The molecule has 5 nitrogen and oxygen atoms in total. The molecule has 21 heavy (non-hydrogen) atoms. The third-order valence-electron chi connectivity index (χ3n) is 2.77. The van der Waals surface area contributed by atoms with Gasteiger partial charge in [-0.1, -0.05) is 15.9 Å². The van der Waals surface area contributed by atoms with Gasteiger partial charge < -0.3 is 4.90 Å². The van der Waals surface area contributed by atoms with Gasteiger partial charge in [-0.15, -0.1) is 0 Å². The lowest BCUT2D eigenvalue weighted by Crippen LogP contribution is -2.46. The predicted molar refractivity (Wildman–Crippen MR) is 89.9 cm³/mol. The molecule has 0 radical (unpaired) electrons. The first-order valence-electron chi connectivity index (χ1n) is 6.26. The van der Waals surface area contributed by atoms with E-state index >= 15 is 0 Å². The summed E-state index contributed by atoms with van der Waals surface area (Å²) >= 11 is 4.83. The minimum absolute atomic E-state index is 0.145. The van der Waals surface area contributed by atoms with E-state index in [-0.39, 0.29) is 10.8 Å². The van der Waals surface area contributed by atoms with Crippen molar-refractivity contribution in [3.63, 3.8) is 0 Å². The van der Waals surface area contributed by atoms with Crippen LogP contribution in [0.3, 0.4) is 0 Å². The molecule has 1 aromatic carbocycles. The van der Waals surface area contributed by atoms with Crippen molar-refractivity contribution in [2.45, 2.75) is 17.4 Å². The molecule has 0 spiro atoms. The van der Waals surface area contributed by atoms with E-state index in [4.69, 9.17) is 0 Å². The molecule has 118 valence electrons. The van der Waals surface area contributed by atoms with Crippen LogP contribution in [0, 0.1) is 0 Å². The van der Waals surface area contributed by atoms with Gasteiger partial charge in [-0.3, -0.25) is 4.79 Å². The molecule has 0 saturated heterocycles. The molecule has 1 aromatic rings. The van der Waals surface area contributed by atoms with Crippen molar-refractivity contribution < 1.29 is 13.2 Å². The average molecular weight is 395 g/mol. The number of nitrogens with one attached hydrogen (secondary N) is 1. The number of halogens is 1. The largest absolute Gasteiger partial charge is 0.347 e. The van der Waals surface area contributed by atoms with Crippen LogP contribution in [-0.2, 0) is 14.8 Å². The van der Waals surface area contributed by atoms with Gasteiger partial charge >= 0.3 is 0 Å².